The average Bonchev–Trinajstić information content (AvgIpc) is 2.72. The lowest BCUT2D eigenvalue weighted by Gasteiger charge is -1.96. The molecule has 0 spiro atoms. The van der Waals surface area contributed by atoms with Crippen LogP contribution in [-0.4, -0.2) is 17.0 Å². The normalized spacial score (nSPS) is 39.6. The number of allylic oxidation sites excluding steroid dienone is 2. The molecular weight excluding hydrogens is 190 g/mol. The van der Waals surface area contributed by atoms with Crippen LogP contribution in [0.5, 0.6) is 0 Å². The molecule has 2 aliphatic carbocycles. The van der Waals surface area contributed by atoms with E-state index >= 15 is 0 Å². The van der Waals surface area contributed by atoms with Crippen LogP contribution in [0.4, 0.5) is 8.78 Å². The van der Waals surface area contributed by atoms with Gasteiger partial charge in [-0.15, -0.1) is 0 Å². The summed E-state index contributed by atoms with van der Waals surface area (Å²) in [5.74, 6) is -4.25. The zero-order valence-electron chi connectivity index (χ0n) is 8.05. The molecule has 0 unspecified atom stereocenters. The number of hydrogen-bond donors (Lipinski definition) is 1. The van der Waals surface area contributed by atoms with E-state index < -0.39 is 17.8 Å². The zero-order chi connectivity index (χ0) is 10.7. The lowest BCUT2D eigenvalue weighted by Crippen LogP contribution is -2.03. The van der Waals surface area contributed by atoms with Crippen molar-refractivity contribution in [3.8, 4) is 0 Å². The third kappa shape index (κ3) is 1.24. The van der Waals surface area contributed by atoms with E-state index in [9.17, 15) is 13.6 Å². The van der Waals surface area contributed by atoms with Crippen LogP contribution in [0.2, 0.25) is 0 Å². The number of carboxylic acids is 1. The predicted molar refractivity (Wildman–Crippen MR) is 46.0 cm³/mol. The van der Waals surface area contributed by atoms with Gasteiger partial charge in [-0.25, -0.2) is 8.78 Å². The van der Waals surface area contributed by atoms with Crippen LogP contribution >= 0.6 is 0 Å². The highest BCUT2D eigenvalue weighted by Gasteiger charge is 2.63. The molecule has 2 aliphatic rings. The van der Waals surface area contributed by atoms with Crippen molar-refractivity contribution in [1.82, 2.24) is 0 Å². The molecule has 0 radical (unpaired) electrons. The lowest BCUT2D eigenvalue weighted by atomic mass is 10.1. The van der Waals surface area contributed by atoms with Gasteiger partial charge < -0.3 is 5.11 Å². The fourth-order valence-corrected chi connectivity index (χ4v) is 2.05. The van der Waals surface area contributed by atoms with Gasteiger partial charge >= 0.3 is 5.97 Å². The Bertz CT molecular complexity index is 331. The molecule has 2 saturated carbocycles. The SMILES string of the molecule is CC1(C)[C@H](C(=O)O)[C@@H]1/C=C1/CC1(F)F. The molecule has 0 aromatic heterocycles. The molecule has 2 fully saturated rings. The minimum Gasteiger partial charge on any atom is -0.481 e. The summed E-state index contributed by atoms with van der Waals surface area (Å²) in [6.07, 6.45) is 1.27. The van der Waals surface area contributed by atoms with Crippen LogP contribution < -0.4 is 0 Å². The van der Waals surface area contributed by atoms with Crippen molar-refractivity contribution < 1.29 is 18.7 Å². The molecule has 0 aromatic carbocycles. The number of alkyl halides is 2. The van der Waals surface area contributed by atoms with Crippen molar-refractivity contribution in [1.29, 1.82) is 0 Å². The molecular formula is C10H12F2O2. The maximum atomic E-state index is 12.5. The van der Waals surface area contributed by atoms with Crippen molar-refractivity contribution in [3.63, 3.8) is 0 Å². The minimum atomic E-state index is -2.65. The number of rotatable bonds is 2. The highest BCUT2D eigenvalue weighted by atomic mass is 19.3. The summed E-state index contributed by atoms with van der Waals surface area (Å²) in [5, 5.41) is 8.81. The predicted octanol–water partition coefficient (Wildman–Crippen LogP) is 2.31. The summed E-state index contributed by atoms with van der Waals surface area (Å²) in [4.78, 5) is 10.7. The number of aliphatic carboxylic acids is 1. The first-order valence-electron chi connectivity index (χ1n) is 4.58. The molecule has 0 aliphatic heterocycles. The summed E-state index contributed by atoms with van der Waals surface area (Å²) in [5.41, 5.74) is -0.253. The van der Waals surface area contributed by atoms with Gasteiger partial charge in [-0.1, -0.05) is 19.9 Å². The van der Waals surface area contributed by atoms with Gasteiger partial charge in [0.2, 0.25) is 0 Å². The van der Waals surface area contributed by atoms with E-state index in [2.05, 4.69) is 0 Å². The van der Waals surface area contributed by atoms with Gasteiger partial charge in [-0.05, 0) is 11.3 Å². The second-order valence-corrected chi connectivity index (χ2v) is 4.74. The Morgan fingerprint density at radius 3 is 2.36 bits per heavy atom. The first-order chi connectivity index (χ1) is 6.27. The monoisotopic (exact) mass is 202 g/mol. The molecule has 0 heterocycles. The molecule has 78 valence electrons. The Kier molecular flexibility index (Phi) is 1.62. The van der Waals surface area contributed by atoms with E-state index in [-0.39, 0.29) is 23.3 Å². The van der Waals surface area contributed by atoms with Gasteiger partial charge in [0.15, 0.2) is 0 Å². The average molecular weight is 202 g/mol. The van der Waals surface area contributed by atoms with E-state index in [1.165, 1.54) is 6.08 Å². The van der Waals surface area contributed by atoms with E-state index in [1.807, 2.05) is 0 Å². The molecule has 0 amide bonds. The van der Waals surface area contributed by atoms with Crippen LogP contribution in [0.15, 0.2) is 11.6 Å². The van der Waals surface area contributed by atoms with E-state index in [1.54, 1.807) is 13.8 Å². The first-order valence-corrected chi connectivity index (χ1v) is 4.58. The van der Waals surface area contributed by atoms with E-state index in [4.69, 9.17) is 5.11 Å². The maximum Gasteiger partial charge on any atom is 0.307 e. The zero-order valence-corrected chi connectivity index (χ0v) is 8.05. The van der Waals surface area contributed by atoms with Gasteiger partial charge in [0.1, 0.15) is 0 Å². The lowest BCUT2D eigenvalue weighted by molar-refractivity contribution is -0.139. The summed E-state index contributed by atoms with van der Waals surface area (Å²) >= 11 is 0. The fraction of sp³-hybridized carbons (Fsp3) is 0.700. The molecule has 0 saturated heterocycles. The first kappa shape index (κ1) is 9.62. The Hall–Kier alpha value is -0.930. The highest BCUT2D eigenvalue weighted by molar-refractivity contribution is 5.76. The van der Waals surface area contributed by atoms with Crippen molar-refractivity contribution >= 4 is 5.97 Å². The van der Waals surface area contributed by atoms with Crippen LogP contribution in [0.3, 0.4) is 0 Å². The Morgan fingerprint density at radius 2 is 2.07 bits per heavy atom. The second-order valence-electron chi connectivity index (χ2n) is 4.74. The standard InChI is InChI=1S/C10H12F2O2/c1-9(2)6(7(9)8(13)14)3-5-4-10(5,11)12/h3,6-7H,4H2,1-2H3,(H,13,14)/b5-3-/t6-,7-/m0/s1. The third-order valence-electron chi connectivity index (χ3n) is 3.31. The summed E-state index contributed by atoms with van der Waals surface area (Å²) in [6, 6.07) is 0. The molecule has 0 bridgehead atoms. The molecule has 1 N–H and O–H groups in total. The Balaban J connectivity index is 2.10. The Labute approximate surface area is 80.6 Å². The van der Waals surface area contributed by atoms with Crippen molar-refractivity contribution in [3.05, 3.63) is 11.6 Å². The summed E-state index contributed by atoms with van der Waals surface area (Å²) in [6.45, 7) is 3.60. The second kappa shape index (κ2) is 2.35. The molecule has 2 atom stereocenters. The molecule has 14 heavy (non-hydrogen) atoms. The van der Waals surface area contributed by atoms with Crippen molar-refractivity contribution in [2.75, 3.05) is 0 Å². The largest absolute Gasteiger partial charge is 0.481 e. The smallest absolute Gasteiger partial charge is 0.307 e. The Morgan fingerprint density at radius 1 is 1.57 bits per heavy atom. The number of carbonyl (C=O) groups is 1. The van der Waals surface area contributed by atoms with Gasteiger partial charge in [-0.2, -0.15) is 0 Å². The van der Waals surface area contributed by atoms with Crippen molar-refractivity contribution in [2.24, 2.45) is 17.3 Å². The minimum absolute atomic E-state index is 0.110. The number of carboxylic acid groups (broad SMARTS) is 1. The van der Waals surface area contributed by atoms with Crippen LogP contribution in [-0.2, 0) is 4.79 Å². The van der Waals surface area contributed by atoms with Crippen LogP contribution in [0.1, 0.15) is 20.3 Å². The molecule has 4 heteroatoms. The van der Waals surface area contributed by atoms with E-state index in [0.29, 0.717) is 0 Å². The number of hydrogen-bond acceptors (Lipinski definition) is 1. The van der Waals surface area contributed by atoms with Crippen LogP contribution in [0.25, 0.3) is 0 Å². The van der Waals surface area contributed by atoms with Gasteiger partial charge in [0, 0.05) is 12.0 Å². The topological polar surface area (TPSA) is 37.3 Å². The van der Waals surface area contributed by atoms with E-state index in [0.717, 1.165) is 0 Å². The maximum absolute atomic E-state index is 12.5. The quantitative estimate of drug-likeness (QED) is 0.697. The molecule has 2 nitrogen and oxygen atoms in total. The third-order valence-corrected chi connectivity index (χ3v) is 3.31. The summed E-state index contributed by atoms with van der Waals surface area (Å²) in [7, 11) is 0. The van der Waals surface area contributed by atoms with Gasteiger partial charge in [0.25, 0.3) is 5.92 Å². The van der Waals surface area contributed by atoms with Crippen molar-refractivity contribution in [2.45, 2.75) is 26.2 Å². The molecule has 0 aromatic rings. The molecule has 2 rings (SSSR count). The van der Waals surface area contributed by atoms with Crippen LogP contribution in [0, 0.1) is 17.3 Å². The van der Waals surface area contributed by atoms with Gasteiger partial charge in [-0.3, -0.25) is 4.79 Å². The van der Waals surface area contributed by atoms with Gasteiger partial charge in [0.05, 0.1) is 5.92 Å². The fourth-order valence-electron chi connectivity index (χ4n) is 2.05. The summed E-state index contributed by atoms with van der Waals surface area (Å²) < 4.78 is 25.1. The number of halogens is 2. The highest BCUT2D eigenvalue weighted by Crippen LogP contribution is 2.62.